The molecule has 0 unspecified atom stereocenters. The monoisotopic (exact) mass is 350 g/mol. The Balaban J connectivity index is 1.63. The molecular formula is C24H23BN2. The Labute approximate surface area is 162 Å². The van der Waals surface area contributed by atoms with E-state index >= 15 is 0 Å². The Hall–Kier alpha value is -3.12. The van der Waals surface area contributed by atoms with Crippen LogP contribution in [0.1, 0.15) is 25.0 Å². The van der Waals surface area contributed by atoms with Crippen molar-refractivity contribution in [2.24, 2.45) is 0 Å². The number of nitrogens with zero attached hydrogens (tertiary/aromatic N) is 2. The van der Waals surface area contributed by atoms with Crippen molar-refractivity contribution in [1.82, 2.24) is 0 Å². The molecule has 1 aliphatic heterocycles. The van der Waals surface area contributed by atoms with Crippen molar-refractivity contribution in [1.29, 1.82) is 0 Å². The quantitative estimate of drug-likeness (QED) is 0.517. The fraction of sp³-hybridized carbons (Fsp3) is 0.167. The summed E-state index contributed by atoms with van der Waals surface area (Å²) in [4.78, 5) is 4.95. The molecular weight excluding hydrogens is 327 g/mol. The van der Waals surface area contributed by atoms with Gasteiger partial charge in [0, 0.05) is 35.6 Å². The summed E-state index contributed by atoms with van der Waals surface area (Å²) in [7, 11) is 0. The van der Waals surface area contributed by atoms with Crippen molar-refractivity contribution >= 4 is 23.8 Å². The molecule has 0 aliphatic carbocycles. The highest BCUT2D eigenvalue weighted by Gasteiger charge is 2.39. The van der Waals surface area contributed by atoms with Gasteiger partial charge >= 0.3 is 6.98 Å². The third-order valence-corrected chi connectivity index (χ3v) is 5.11. The van der Waals surface area contributed by atoms with Gasteiger partial charge in [0.2, 0.25) is 0 Å². The first kappa shape index (κ1) is 17.3. The number of fused-ring (bicyclic) bond motifs is 1. The van der Waals surface area contributed by atoms with Crippen molar-refractivity contribution in [3.63, 3.8) is 0 Å². The van der Waals surface area contributed by atoms with Crippen LogP contribution in [0.15, 0.2) is 78.9 Å². The van der Waals surface area contributed by atoms with E-state index in [2.05, 4.69) is 83.8 Å². The zero-order valence-corrected chi connectivity index (χ0v) is 15.9. The van der Waals surface area contributed by atoms with Crippen molar-refractivity contribution < 1.29 is 0 Å². The lowest BCUT2D eigenvalue weighted by Crippen LogP contribution is -2.56. The minimum atomic E-state index is 0.244. The van der Waals surface area contributed by atoms with Crippen molar-refractivity contribution in [2.75, 3.05) is 22.7 Å². The van der Waals surface area contributed by atoms with Crippen molar-refractivity contribution in [3.8, 4) is 11.8 Å². The smallest absolute Gasteiger partial charge is 0.391 e. The summed E-state index contributed by atoms with van der Waals surface area (Å²) in [6, 6.07) is 27.5. The van der Waals surface area contributed by atoms with Gasteiger partial charge in [-0.1, -0.05) is 54.3 Å². The summed E-state index contributed by atoms with van der Waals surface area (Å²) in [6.45, 7) is 6.65. The molecule has 0 spiro atoms. The largest absolute Gasteiger partial charge is 0.411 e. The van der Waals surface area contributed by atoms with Gasteiger partial charge in [-0.3, -0.25) is 0 Å². The lowest BCUT2D eigenvalue weighted by atomic mass is 9.65. The van der Waals surface area contributed by atoms with Crippen LogP contribution in [0.5, 0.6) is 0 Å². The maximum Gasteiger partial charge on any atom is 0.411 e. The van der Waals surface area contributed by atoms with Crippen molar-refractivity contribution in [2.45, 2.75) is 13.8 Å². The molecule has 27 heavy (non-hydrogen) atoms. The first-order valence-electron chi connectivity index (χ1n) is 9.61. The third-order valence-electron chi connectivity index (χ3n) is 5.11. The molecule has 0 atom stereocenters. The van der Waals surface area contributed by atoms with Crippen molar-refractivity contribution in [3.05, 3.63) is 90.0 Å². The first-order chi connectivity index (χ1) is 13.3. The second kappa shape index (κ2) is 7.64. The van der Waals surface area contributed by atoms with Crippen LogP contribution in [0, 0.1) is 11.8 Å². The predicted molar refractivity (Wildman–Crippen MR) is 117 cm³/mol. The van der Waals surface area contributed by atoms with Crippen LogP contribution in [0.25, 0.3) is 0 Å². The van der Waals surface area contributed by atoms with Crippen LogP contribution in [-0.2, 0) is 0 Å². The van der Waals surface area contributed by atoms with Gasteiger partial charge in [0.1, 0.15) is 0 Å². The topological polar surface area (TPSA) is 6.48 Å². The molecule has 0 radical (unpaired) electrons. The zero-order valence-electron chi connectivity index (χ0n) is 15.9. The summed E-state index contributed by atoms with van der Waals surface area (Å²) >= 11 is 0. The Morgan fingerprint density at radius 3 is 1.63 bits per heavy atom. The van der Waals surface area contributed by atoms with Gasteiger partial charge in [0.05, 0.1) is 0 Å². The normalized spacial score (nSPS) is 12.6. The molecule has 4 rings (SSSR count). The van der Waals surface area contributed by atoms with Gasteiger partial charge in [0.15, 0.2) is 0 Å². The molecule has 3 heteroatoms. The van der Waals surface area contributed by atoms with Crippen LogP contribution in [0.4, 0.5) is 11.4 Å². The maximum absolute atomic E-state index is 3.27. The maximum atomic E-state index is 3.27. The van der Waals surface area contributed by atoms with E-state index in [0.717, 1.165) is 24.2 Å². The molecule has 132 valence electrons. The summed E-state index contributed by atoms with van der Waals surface area (Å²) in [6.07, 6.45) is 0. The standard InChI is InChI=1S/C24H23BN2/c1-3-26-23-12-8-9-13-24(23)27(4-2)25(26)22-18-16-21(17-19-22)15-14-20-10-6-5-7-11-20/h5-13,16-19H,3-4H2,1-2H3. The fourth-order valence-corrected chi connectivity index (χ4v) is 3.83. The molecule has 0 N–H and O–H groups in total. The van der Waals surface area contributed by atoms with E-state index in [-0.39, 0.29) is 6.98 Å². The third kappa shape index (κ3) is 3.31. The lowest BCUT2D eigenvalue weighted by molar-refractivity contribution is 1.06. The Bertz CT molecular complexity index is 940. The Kier molecular flexibility index (Phi) is 4.89. The van der Waals surface area contributed by atoms with Gasteiger partial charge in [-0.2, -0.15) is 0 Å². The number of anilines is 2. The van der Waals surface area contributed by atoms with Gasteiger partial charge < -0.3 is 9.62 Å². The van der Waals surface area contributed by atoms with E-state index in [1.54, 1.807) is 0 Å². The zero-order chi connectivity index (χ0) is 18.6. The highest BCUT2D eigenvalue weighted by Crippen LogP contribution is 2.37. The molecule has 0 saturated heterocycles. The van der Waals surface area contributed by atoms with E-state index in [4.69, 9.17) is 0 Å². The summed E-state index contributed by atoms with van der Waals surface area (Å²) in [5.41, 5.74) is 6.03. The van der Waals surface area contributed by atoms with Gasteiger partial charge in [-0.15, -0.1) is 0 Å². The van der Waals surface area contributed by atoms with Crippen LogP contribution in [-0.4, -0.2) is 20.1 Å². The first-order valence-corrected chi connectivity index (χ1v) is 9.61. The van der Waals surface area contributed by atoms with E-state index in [1.807, 2.05) is 30.3 Å². The minimum Gasteiger partial charge on any atom is -0.391 e. The van der Waals surface area contributed by atoms with Crippen LogP contribution >= 0.6 is 0 Å². The van der Waals surface area contributed by atoms with E-state index in [9.17, 15) is 0 Å². The van der Waals surface area contributed by atoms with Gasteiger partial charge in [-0.05, 0) is 55.7 Å². The van der Waals surface area contributed by atoms with Gasteiger partial charge in [-0.25, -0.2) is 0 Å². The number of benzene rings is 3. The molecule has 3 aromatic rings. The van der Waals surface area contributed by atoms with Crippen LogP contribution in [0.2, 0.25) is 0 Å². The average molecular weight is 350 g/mol. The molecule has 1 aliphatic rings. The number of hydrogen-bond donors (Lipinski definition) is 0. The molecule has 2 nitrogen and oxygen atoms in total. The van der Waals surface area contributed by atoms with Gasteiger partial charge in [0.25, 0.3) is 0 Å². The van der Waals surface area contributed by atoms with E-state index in [1.165, 1.54) is 16.8 Å². The fourth-order valence-electron chi connectivity index (χ4n) is 3.83. The minimum absolute atomic E-state index is 0.244. The Morgan fingerprint density at radius 2 is 1.11 bits per heavy atom. The highest BCUT2D eigenvalue weighted by molar-refractivity contribution is 6.82. The lowest BCUT2D eigenvalue weighted by Gasteiger charge is -2.28. The van der Waals surface area contributed by atoms with E-state index in [0.29, 0.717) is 0 Å². The molecule has 0 aromatic heterocycles. The molecule has 0 bridgehead atoms. The highest BCUT2D eigenvalue weighted by atomic mass is 15.3. The number of hydrogen-bond acceptors (Lipinski definition) is 2. The second-order valence-corrected chi connectivity index (χ2v) is 6.67. The summed E-state index contributed by atoms with van der Waals surface area (Å²) in [5, 5.41) is 0. The molecule has 0 fully saturated rings. The average Bonchev–Trinajstić information content (AvgIpc) is 3.07. The number of rotatable bonds is 3. The molecule has 0 saturated carbocycles. The second-order valence-electron chi connectivity index (χ2n) is 6.67. The molecule has 1 heterocycles. The number of para-hydroxylation sites is 2. The Morgan fingerprint density at radius 1 is 0.630 bits per heavy atom. The van der Waals surface area contributed by atoms with E-state index < -0.39 is 0 Å². The molecule has 0 amide bonds. The summed E-state index contributed by atoms with van der Waals surface area (Å²) < 4.78 is 0. The predicted octanol–water partition coefficient (Wildman–Crippen LogP) is 4.15. The van der Waals surface area contributed by atoms with Crippen LogP contribution in [0.3, 0.4) is 0 Å². The SMILES string of the molecule is CCN1B(c2ccc(C#Cc3ccccc3)cc2)N(CC)c2ccccc21. The van der Waals surface area contributed by atoms with Crippen LogP contribution < -0.4 is 15.1 Å². The summed E-state index contributed by atoms with van der Waals surface area (Å²) in [5.74, 6) is 6.50. The molecule has 3 aromatic carbocycles.